The number of fused-ring (bicyclic) bond motifs is 1. The SMILES string of the molecule is O=C1OC2OC3(OC2C1O)C1CC2CC3CC(OC(=O)C(F)(F)S(=O)(=O)O)(C2)C1. The number of ether oxygens (including phenoxy) is 4. The maximum absolute atomic E-state index is 13.7. The molecule has 6 fully saturated rings. The molecule has 5 atom stereocenters. The average molecular weight is 440 g/mol. The lowest BCUT2D eigenvalue weighted by atomic mass is 9.51. The second-order valence-corrected chi connectivity index (χ2v) is 10.0. The minimum Gasteiger partial charge on any atom is -0.454 e. The summed E-state index contributed by atoms with van der Waals surface area (Å²) >= 11 is 0. The van der Waals surface area contributed by atoms with Gasteiger partial charge in [0.1, 0.15) is 5.60 Å². The molecule has 0 aromatic heterocycles. The largest absolute Gasteiger partial charge is 0.465 e. The molecule has 0 radical (unpaired) electrons. The Morgan fingerprint density at radius 3 is 2.34 bits per heavy atom. The molecule has 5 unspecified atom stereocenters. The lowest BCUT2D eigenvalue weighted by Crippen LogP contribution is -2.66. The first-order chi connectivity index (χ1) is 13.4. The van der Waals surface area contributed by atoms with Crippen LogP contribution in [0.1, 0.15) is 32.1 Å². The standard InChI is InChI=1S/C16H18F2O10S/c17-16(18,29(22,23)24)13(21)28-14-3-6-1-7(4-14)15(8(2-6)5-14)26-10-9(19)11(20)25-12(10)27-15/h6-10,12,19H,1-5H2,(H,22,23,24). The van der Waals surface area contributed by atoms with Crippen LogP contribution in [0.5, 0.6) is 0 Å². The van der Waals surface area contributed by atoms with Crippen LogP contribution in [0.2, 0.25) is 0 Å². The maximum Gasteiger partial charge on any atom is 0.465 e. The molecule has 2 N–H and O–H groups in total. The molecule has 2 heterocycles. The van der Waals surface area contributed by atoms with Crippen molar-refractivity contribution in [3.05, 3.63) is 0 Å². The number of carbonyl (C=O) groups is 2. The first kappa shape index (κ1) is 19.5. The predicted molar refractivity (Wildman–Crippen MR) is 83.4 cm³/mol. The molecule has 162 valence electrons. The molecule has 0 amide bonds. The molecule has 4 bridgehead atoms. The molecule has 6 rings (SSSR count). The van der Waals surface area contributed by atoms with Crippen molar-refractivity contribution in [3.63, 3.8) is 0 Å². The predicted octanol–water partition coefficient (Wildman–Crippen LogP) is -0.0556. The molecular weight excluding hydrogens is 422 g/mol. The maximum atomic E-state index is 13.7. The van der Waals surface area contributed by atoms with Gasteiger partial charge in [0.25, 0.3) is 0 Å². The molecule has 1 spiro atoms. The van der Waals surface area contributed by atoms with Crippen molar-refractivity contribution in [2.45, 2.75) is 67.2 Å². The molecule has 6 aliphatic rings. The van der Waals surface area contributed by atoms with Gasteiger partial charge in [0.15, 0.2) is 18.0 Å². The average Bonchev–Trinajstić information content (AvgIpc) is 3.08. The lowest BCUT2D eigenvalue weighted by molar-refractivity contribution is -0.337. The van der Waals surface area contributed by atoms with Crippen molar-refractivity contribution >= 4 is 22.1 Å². The number of alkyl halides is 2. The van der Waals surface area contributed by atoms with Gasteiger partial charge in [-0.3, -0.25) is 4.55 Å². The van der Waals surface area contributed by atoms with Gasteiger partial charge in [0, 0.05) is 11.8 Å². The minimum absolute atomic E-state index is 0.0189. The molecule has 10 nitrogen and oxygen atoms in total. The Balaban J connectivity index is 1.39. The number of aliphatic hydroxyl groups is 1. The second-order valence-electron chi connectivity index (χ2n) is 8.58. The Morgan fingerprint density at radius 2 is 1.79 bits per heavy atom. The van der Waals surface area contributed by atoms with Crippen molar-refractivity contribution in [1.29, 1.82) is 0 Å². The Labute approximate surface area is 163 Å². The van der Waals surface area contributed by atoms with E-state index in [9.17, 15) is 31.9 Å². The molecule has 2 saturated heterocycles. The van der Waals surface area contributed by atoms with E-state index < -0.39 is 69.0 Å². The topological polar surface area (TPSA) is 146 Å². The third-order valence-corrected chi connectivity index (χ3v) is 7.63. The first-order valence-electron chi connectivity index (χ1n) is 9.19. The van der Waals surface area contributed by atoms with Crippen LogP contribution in [0.3, 0.4) is 0 Å². The van der Waals surface area contributed by atoms with E-state index in [4.69, 9.17) is 23.5 Å². The van der Waals surface area contributed by atoms with Gasteiger partial charge in [-0.2, -0.15) is 17.2 Å². The molecule has 13 heteroatoms. The Morgan fingerprint density at radius 1 is 1.17 bits per heavy atom. The normalized spacial score (nSPS) is 48.1. The van der Waals surface area contributed by atoms with Gasteiger partial charge in [0.2, 0.25) is 6.29 Å². The van der Waals surface area contributed by atoms with Gasteiger partial charge in [0.05, 0.1) is 0 Å². The lowest BCUT2D eigenvalue weighted by Gasteiger charge is -2.62. The van der Waals surface area contributed by atoms with Crippen LogP contribution in [-0.4, -0.2) is 65.2 Å². The highest BCUT2D eigenvalue weighted by Crippen LogP contribution is 2.65. The zero-order valence-electron chi connectivity index (χ0n) is 14.8. The zero-order valence-corrected chi connectivity index (χ0v) is 15.6. The van der Waals surface area contributed by atoms with Crippen LogP contribution in [0.25, 0.3) is 0 Å². The summed E-state index contributed by atoms with van der Waals surface area (Å²) in [6, 6.07) is 0. The fraction of sp³-hybridized carbons (Fsp3) is 0.875. The van der Waals surface area contributed by atoms with Crippen LogP contribution in [0, 0.1) is 17.8 Å². The third kappa shape index (κ3) is 2.54. The van der Waals surface area contributed by atoms with Crippen LogP contribution in [-0.2, 0) is 38.7 Å². The van der Waals surface area contributed by atoms with Gasteiger partial charge >= 0.3 is 27.3 Å². The molecule has 0 aromatic rings. The summed E-state index contributed by atoms with van der Waals surface area (Å²) in [6.07, 6.45) is -1.93. The van der Waals surface area contributed by atoms with E-state index in [-0.39, 0.29) is 25.2 Å². The van der Waals surface area contributed by atoms with Crippen LogP contribution < -0.4 is 0 Å². The highest BCUT2D eigenvalue weighted by atomic mass is 32.2. The summed E-state index contributed by atoms with van der Waals surface area (Å²) in [5, 5.41) is 4.86. The number of hydrogen-bond acceptors (Lipinski definition) is 9. The molecule has 4 saturated carbocycles. The Bertz CT molecular complexity index is 872. The molecule has 0 aromatic carbocycles. The van der Waals surface area contributed by atoms with Crippen molar-refractivity contribution < 1.29 is 55.4 Å². The van der Waals surface area contributed by atoms with Crippen LogP contribution >= 0.6 is 0 Å². The van der Waals surface area contributed by atoms with Crippen LogP contribution in [0.4, 0.5) is 8.78 Å². The van der Waals surface area contributed by atoms with E-state index in [2.05, 4.69) is 0 Å². The first-order valence-corrected chi connectivity index (χ1v) is 10.6. The van der Waals surface area contributed by atoms with Crippen molar-refractivity contribution in [3.8, 4) is 0 Å². The number of rotatable bonds is 3. The summed E-state index contributed by atoms with van der Waals surface area (Å²) in [7, 11) is -5.96. The highest BCUT2D eigenvalue weighted by Gasteiger charge is 2.72. The number of esters is 2. The summed E-state index contributed by atoms with van der Waals surface area (Å²) < 4.78 is 79.6. The van der Waals surface area contributed by atoms with Gasteiger partial charge in [-0.25, -0.2) is 9.59 Å². The monoisotopic (exact) mass is 440 g/mol. The number of hydrogen-bond donors (Lipinski definition) is 2. The third-order valence-electron chi connectivity index (χ3n) is 6.82. The fourth-order valence-corrected chi connectivity index (χ4v) is 6.15. The van der Waals surface area contributed by atoms with Gasteiger partial charge in [-0.05, 0) is 38.0 Å². The summed E-state index contributed by atoms with van der Waals surface area (Å²) in [5.41, 5.74) is -1.33. The Hall–Kier alpha value is -1.41. The smallest absolute Gasteiger partial charge is 0.454 e. The van der Waals surface area contributed by atoms with Crippen molar-refractivity contribution in [1.82, 2.24) is 0 Å². The van der Waals surface area contributed by atoms with Gasteiger partial charge in [-0.1, -0.05) is 0 Å². The summed E-state index contributed by atoms with van der Waals surface area (Å²) in [4.78, 5) is 23.4. The van der Waals surface area contributed by atoms with Crippen LogP contribution in [0.15, 0.2) is 0 Å². The van der Waals surface area contributed by atoms with Gasteiger partial charge in [-0.15, -0.1) is 0 Å². The van der Waals surface area contributed by atoms with Gasteiger partial charge < -0.3 is 24.1 Å². The van der Waals surface area contributed by atoms with E-state index in [1.54, 1.807) is 0 Å². The highest BCUT2D eigenvalue weighted by molar-refractivity contribution is 7.87. The minimum atomic E-state index is -5.96. The zero-order chi connectivity index (χ0) is 21.0. The van der Waals surface area contributed by atoms with E-state index >= 15 is 0 Å². The number of aliphatic hydroxyl groups excluding tert-OH is 1. The van der Waals surface area contributed by atoms with E-state index in [1.807, 2.05) is 0 Å². The molecule has 2 aliphatic heterocycles. The summed E-state index contributed by atoms with van der Waals surface area (Å²) in [6.45, 7) is 0. The molecular formula is C16H18F2O10S. The summed E-state index contributed by atoms with van der Waals surface area (Å²) in [5.74, 6) is -5.13. The Kier molecular flexibility index (Phi) is 3.80. The number of carbonyl (C=O) groups excluding carboxylic acids is 2. The van der Waals surface area contributed by atoms with Crippen molar-refractivity contribution in [2.24, 2.45) is 17.8 Å². The van der Waals surface area contributed by atoms with Crippen molar-refractivity contribution in [2.75, 3.05) is 0 Å². The van der Waals surface area contributed by atoms with E-state index in [0.29, 0.717) is 12.8 Å². The molecule has 4 aliphatic carbocycles. The van der Waals surface area contributed by atoms with E-state index in [1.165, 1.54) is 0 Å². The molecule has 29 heavy (non-hydrogen) atoms. The van der Waals surface area contributed by atoms with E-state index in [0.717, 1.165) is 0 Å². The fourth-order valence-electron chi connectivity index (χ4n) is 5.89. The second kappa shape index (κ2) is 5.63. The quantitative estimate of drug-likeness (QED) is 0.452. The number of halogens is 2.